The van der Waals surface area contributed by atoms with Gasteiger partial charge in [0.25, 0.3) is 0 Å². The molecule has 1 aromatic carbocycles. The summed E-state index contributed by atoms with van der Waals surface area (Å²) in [5.41, 5.74) is 0.841. The van der Waals surface area contributed by atoms with Crippen LogP contribution < -0.4 is 4.74 Å². The molecule has 0 aliphatic rings. The van der Waals surface area contributed by atoms with Crippen LogP contribution in [0.5, 0.6) is 11.5 Å². The third-order valence-electron chi connectivity index (χ3n) is 2.39. The number of aromatic amines is 1. The Balaban J connectivity index is 2.04. The quantitative estimate of drug-likeness (QED) is 0.704. The van der Waals surface area contributed by atoms with Gasteiger partial charge in [-0.2, -0.15) is 0 Å². The van der Waals surface area contributed by atoms with E-state index in [0.717, 1.165) is 22.5 Å². The van der Waals surface area contributed by atoms with E-state index in [2.05, 4.69) is 9.97 Å². The lowest BCUT2D eigenvalue weighted by Crippen LogP contribution is -1.85. The minimum Gasteiger partial charge on any atom is -0.457 e. The number of benzene rings is 1. The van der Waals surface area contributed by atoms with Crippen molar-refractivity contribution in [3.63, 3.8) is 0 Å². The molecule has 0 amide bonds. The minimum absolute atomic E-state index is 0.817. The molecule has 0 unspecified atom stereocenters. The number of hydrogen-bond acceptors (Lipinski definition) is 2. The molecule has 2 heterocycles. The van der Waals surface area contributed by atoms with Gasteiger partial charge in [-0.05, 0) is 24.3 Å². The van der Waals surface area contributed by atoms with Crippen molar-refractivity contribution in [3.8, 4) is 11.5 Å². The lowest BCUT2D eigenvalue weighted by atomic mass is 10.3. The van der Waals surface area contributed by atoms with Crippen LogP contribution in [0, 0.1) is 0 Å². The highest BCUT2D eigenvalue weighted by Gasteiger charge is 2.04. The van der Waals surface area contributed by atoms with Gasteiger partial charge in [0.1, 0.15) is 17.1 Å². The number of fused-ring (bicyclic) bond motifs is 1. The third-order valence-corrected chi connectivity index (χ3v) is 2.39. The maximum atomic E-state index is 5.79. The monoisotopic (exact) mass is 210 g/mol. The number of ether oxygens (including phenoxy) is 1. The number of hydrogen-bond donors (Lipinski definition) is 1. The summed E-state index contributed by atoms with van der Waals surface area (Å²) in [6.07, 6.45) is 3.59. The maximum Gasteiger partial charge on any atom is 0.140 e. The van der Waals surface area contributed by atoms with Crippen molar-refractivity contribution in [3.05, 3.63) is 54.9 Å². The molecule has 16 heavy (non-hydrogen) atoms. The fraction of sp³-hybridized carbons (Fsp3) is 0. The Morgan fingerprint density at radius 3 is 2.75 bits per heavy atom. The second-order valence-corrected chi connectivity index (χ2v) is 3.46. The van der Waals surface area contributed by atoms with Gasteiger partial charge in [-0.15, -0.1) is 0 Å². The second kappa shape index (κ2) is 3.70. The van der Waals surface area contributed by atoms with Crippen LogP contribution in [0.15, 0.2) is 54.9 Å². The van der Waals surface area contributed by atoms with Crippen molar-refractivity contribution in [2.75, 3.05) is 0 Å². The first-order valence-corrected chi connectivity index (χ1v) is 5.08. The van der Waals surface area contributed by atoms with E-state index in [9.17, 15) is 0 Å². The molecule has 0 aliphatic carbocycles. The highest BCUT2D eigenvalue weighted by molar-refractivity contribution is 5.82. The van der Waals surface area contributed by atoms with Crippen LogP contribution in [0.3, 0.4) is 0 Å². The van der Waals surface area contributed by atoms with Crippen molar-refractivity contribution in [1.29, 1.82) is 0 Å². The fourth-order valence-electron chi connectivity index (χ4n) is 1.64. The van der Waals surface area contributed by atoms with Crippen molar-refractivity contribution >= 4 is 11.0 Å². The van der Waals surface area contributed by atoms with Gasteiger partial charge in [-0.25, -0.2) is 4.98 Å². The number of H-pyrrole nitrogens is 1. The first-order chi connectivity index (χ1) is 7.93. The van der Waals surface area contributed by atoms with Gasteiger partial charge in [0.2, 0.25) is 0 Å². The van der Waals surface area contributed by atoms with Gasteiger partial charge in [0, 0.05) is 12.4 Å². The van der Waals surface area contributed by atoms with Gasteiger partial charge < -0.3 is 9.72 Å². The van der Waals surface area contributed by atoms with Crippen LogP contribution >= 0.6 is 0 Å². The molecule has 0 bridgehead atoms. The molecule has 0 atom stereocenters. The van der Waals surface area contributed by atoms with Gasteiger partial charge in [-0.3, -0.25) is 0 Å². The fourth-order valence-corrected chi connectivity index (χ4v) is 1.64. The van der Waals surface area contributed by atoms with E-state index < -0.39 is 0 Å². The molecule has 0 spiro atoms. The van der Waals surface area contributed by atoms with E-state index in [-0.39, 0.29) is 0 Å². The van der Waals surface area contributed by atoms with E-state index in [0.29, 0.717) is 0 Å². The summed E-state index contributed by atoms with van der Waals surface area (Å²) in [7, 11) is 0. The van der Waals surface area contributed by atoms with E-state index >= 15 is 0 Å². The molecule has 3 heteroatoms. The summed E-state index contributed by atoms with van der Waals surface area (Å²) >= 11 is 0. The predicted molar refractivity (Wildman–Crippen MR) is 62.6 cm³/mol. The smallest absolute Gasteiger partial charge is 0.140 e. The largest absolute Gasteiger partial charge is 0.457 e. The summed E-state index contributed by atoms with van der Waals surface area (Å²) < 4.78 is 5.79. The Bertz CT molecular complexity index is 601. The van der Waals surface area contributed by atoms with Crippen LogP contribution in [0.4, 0.5) is 0 Å². The van der Waals surface area contributed by atoms with Crippen LogP contribution in [0.1, 0.15) is 0 Å². The summed E-state index contributed by atoms with van der Waals surface area (Å²) in [5, 5.41) is 0.992. The molecule has 0 fully saturated rings. The van der Waals surface area contributed by atoms with E-state index in [1.807, 2.05) is 48.7 Å². The maximum absolute atomic E-state index is 5.79. The molecule has 1 N–H and O–H groups in total. The van der Waals surface area contributed by atoms with E-state index in [4.69, 9.17) is 4.74 Å². The topological polar surface area (TPSA) is 37.9 Å². The van der Waals surface area contributed by atoms with Crippen LogP contribution in [0.2, 0.25) is 0 Å². The van der Waals surface area contributed by atoms with Crippen molar-refractivity contribution in [2.24, 2.45) is 0 Å². The highest BCUT2D eigenvalue weighted by Crippen LogP contribution is 2.27. The van der Waals surface area contributed by atoms with Crippen molar-refractivity contribution < 1.29 is 4.74 Å². The van der Waals surface area contributed by atoms with Gasteiger partial charge >= 0.3 is 0 Å². The zero-order valence-corrected chi connectivity index (χ0v) is 8.55. The molecule has 2 aromatic heterocycles. The van der Waals surface area contributed by atoms with Crippen LogP contribution in [0.25, 0.3) is 11.0 Å². The zero-order valence-electron chi connectivity index (χ0n) is 8.55. The number of rotatable bonds is 2. The molecule has 78 valence electrons. The van der Waals surface area contributed by atoms with Crippen molar-refractivity contribution in [2.45, 2.75) is 0 Å². The summed E-state index contributed by atoms with van der Waals surface area (Å²) in [6, 6.07) is 13.5. The first-order valence-electron chi connectivity index (χ1n) is 5.08. The van der Waals surface area contributed by atoms with Gasteiger partial charge in [0.05, 0.1) is 5.39 Å². The molecular weight excluding hydrogens is 200 g/mol. The van der Waals surface area contributed by atoms with Crippen molar-refractivity contribution in [1.82, 2.24) is 9.97 Å². The average molecular weight is 210 g/mol. The Morgan fingerprint density at radius 1 is 1.00 bits per heavy atom. The SMILES string of the molecule is c1ccc(Oc2ccnc3[nH]ccc23)cc1. The molecular formula is C13H10N2O. The highest BCUT2D eigenvalue weighted by atomic mass is 16.5. The lowest BCUT2D eigenvalue weighted by molar-refractivity contribution is 0.488. The minimum atomic E-state index is 0.817. The molecule has 3 aromatic rings. The number of para-hydroxylation sites is 1. The molecule has 0 saturated carbocycles. The molecule has 0 radical (unpaired) electrons. The van der Waals surface area contributed by atoms with Gasteiger partial charge in [0.15, 0.2) is 0 Å². The number of aromatic nitrogens is 2. The summed E-state index contributed by atoms with van der Waals surface area (Å²) in [4.78, 5) is 7.26. The molecule has 0 aliphatic heterocycles. The normalized spacial score (nSPS) is 10.5. The van der Waals surface area contributed by atoms with Gasteiger partial charge in [-0.1, -0.05) is 18.2 Å². The number of pyridine rings is 1. The molecule has 0 saturated heterocycles. The summed E-state index contributed by atoms with van der Waals surface area (Å²) in [5.74, 6) is 1.65. The van der Waals surface area contributed by atoms with Crippen LogP contribution in [-0.2, 0) is 0 Å². The zero-order chi connectivity index (χ0) is 10.8. The number of nitrogens with zero attached hydrogens (tertiary/aromatic N) is 1. The number of nitrogens with one attached hydrogen (secondary N) is 1. The Hall–Kier alpha value is -2.29. The Labute approximate surface area is 92.7 Å². The second-order valence-electron chi connectivity index (χ2n) is 3.46. The first kappa shape index (κ1) is 8.97. The molecule has 3 nitrogen and oxygen atoms in total. The van der Waals surface area contributed by atoms with E-state index in [1.54, 1.807) is 6.20 Å². The summed E-state index contributed by atoms with van der Waals surface area (Å²) in [6.45, 7) is 0. The molecule has 3 rings (SSSR count). The predicted octanol–water partition coefficient (Wildman–Crippen LogP) is 3.36. The lowest BCUT2D eigenvalue weighted by Gasteiger charge is -2.05. The standard InChI is InChI=1S/C13H10N2O/c1-2-4-10(5-3-1)16-12-7-9-15-13-11(12)6-8-14-13/h1-9H,(H,14,15). The van der Waals surface area contributed by atoms with E-state index in [1.165, 1.54) is 0 Å². The third kappa shape index (κ3) is 1.52. The Morgan fingerprint density at radius 2 is 1.88 bits per heavy atom. The van der Waals surface area contributed by atoms with Crippen LogP contribution in [-0.4, -0.2) is 9.97 Å². The average Bonchev–Trinajstić information content (AvgIpc) is 2.80. The Kier molecular flexibility index (Phi) is 2.07.